The van der Waals surface area contributed by atoms with E-state index >= 15 is 0 Å². The summed E-state index contributed by atoms with van der Waals surface area (Å²) in [5.74, 6) is -0.207. The molecule has 26 heavy (non-hydrogen) atoms. The SMILES string of the molecule is CN(CCO)C(=O)C[C@]1(Cc2ccccc2)C(=O)N(C)c2ccccc21. The molecule has 0 aliphatic carbocycles. The number of carbonyl (C=O) groups excluding carboxylic acids is 2. The summed E-state index contributed by atoms with van der Waals surface area (Å²) in [4.78, 5) is 29.2. The summed E-state index contributed by atoms with van der Waals surface area (Å²) < 4.78 is 0. The highest BCUT2D eigenvalue weighted by atomic mass is 16.3. The minimum atomic E-state index is -0.923. The minimum Gasteiger partial charge on any atom is -0.395 e. The third-order valence-corrected chi connectivity index (χ3v) is 5.16. The van der Waals surface area contributed by atoms with Crippen LogP contribution >= 0.6 is 0 Å². The van der Waals surface area contributed by atoms with Crippen molar-refractivity contribution in [2.45, 2.75) is 18.3 Å². The standard InChI is InChI=1S/C21H24N2O3/c1-22(12-13-24)19(25)15-21(14-16-8-4-3-5-9-16)17-10-6-7-11-18(17)23(2)20(21)26/h3-11,24H,12-15H2,1-2H3/t21-/m0/s1. The molecule has 0 saturated heterocycles. The summed E-state index contributed by atoms with van der Waals surface area (Å²) in [5, 5.41) is 9.13. The molecule has 5 heteroatoms. The lowest BCUT2D eigenvalue weighted by atomic mass is 9.73. The molecule has 2 aromatic rings. The Morgan fingerprint density at radius 1 is 1.12 bits per heavy atom. The van der Waals surface area contributed by atoms with Crippen molar-refractivity contribution in [3.05, 3.63) is 65.7 Å². The molecule has 0 spiro atoms. The summed E-state index contributed by atoms with van der Waals surface area (Å²) in [7, 11) is 3.42. The first-order chi connectivity index (χ1) is 12.5. The fourth-order valence-corrected chi connectivity index (χ4v) is 3.73. The van der Waals surface area contributed by atoms with Gasteiger partial charge in [-0.1, -0.05) is 48.5 Å². The molecule has 0 fully saturated rings. The zero-order valence-corrected chi connectivity index (χ0v) is 15.2. The molecule has 0 bridgehead atoms. The van der Waals surface area contributed by atoms with E-state index in [0.717, 1.165) is 16.8 Å². The summed E-state index contributed by atoms with van der Waals surface area (Å²) in [6, 6.07) is 17.5. The van der Waals surface area contributed by atoms with Crippen LogP contribution in [0.2, 0.25) is 0 Å². The van der Waals surface area contributed by atoms with Crippen molar-refractivity contribution in [2.24, 2.45) is 0 Å². The van der Waals surface area contributed by atoms with E-state index in [9.17, 15) is 9.59 Å². The average Bonchev–Trinajstić information content (AvgIpc) is 2.85. The Bertz CT molecular complexity index is 806. The highest BCUT2D eigenvalue weighted by molar-refractivity contribution is 6.09. The Morgan fingerprint density at radius 2 is 1.77 bits per heavy atom. The van der Waals surface area contributed by atoms with Gasteiger partial charge in [0, 0.05) is 32.7 Å². The molecular weight excluding hydrogens is 328 g/mol. The molecule has 0 saturated carbocycles. The van der Waals surface area contributed by atoms with Crippen molar-refractivity contribution in [3.8, 4) is 0 Å². The zero-order valence-electron chi connectivity index (χ0n) is 15.2. The van der Waals surface area contributed by atoms with E-state index in [1.165, 1.54) is 4.90 Å². The fraction of sp³-hybridized carbons (Fsp3) is 0.333. The van der Waals surface area contributed by atoms with Gasteiger partial charge in [-0.2, -0.15) is 0 Å². The van der Waals surface area contributed by atoms with Gasteiger partial charge in [0.15, 0.2) is 0 Å². The number of benzene rings is 2. The van der Waals surface area contributed by atoms with E-state index in [1.54, 1.807) is 19.0 Å². The second-order valence-corrected chi connectivity index (χ2v) is 6.84. The number of aliphatic hydroxyl groups excluding tert-OH is 1. The number of hydrogen-bond donors (Lipinski definition) is 1. The molecule has 3 rings (SSSR count). The van der Waals surface area contributed by atoms with Gasteiger partial charge in [-0.15, -0.1) is 0 Å². The monoisotopic (exact) mass is 352 g/mol. The lowest BCUT2D eigenvalue weighted by Crippen LogP contribution is -2.45. The van der Waals surface area contributed by atoms with Crippen molar-refractivity contribution >= 4 is 17.5 Å². The lowest BCUT2D eigenvalue weighted by molar-refractivity contribution is -0.135. The Balaban J connectivity index is 2.05. The van der Waals surface area contributed by atoms with Crippen LogP contribution in [0.5, 0.6) is 0 Å². The van der Waals surface area contributed by atoms with Crippen LogP contribution in [0.15, 0.2) is 54.6 Å². The predicted molar refractivity (Wildman–Crippen MR) is 101 cm³/mol. The zero-order chi connectivity index (χ0) is 18.7. The number of anilines is 1. The molecule has 136 valence electrons. The Morgan fingerprint density at radius 3 is 2.46 bits per heavy atom. The third kappa shape index (κ3) is 3.10. The van der Waals surface area contributed by atoms with Crippen LogP contribution in [-0.2, 0) is 21.4 Å². The van der Waals surface area contributed by atoms with E-state index in [4.69, 9.17) is 5.11 Å². The van der Waals surface area contributed by atoms with Crippen LogP contribution < -0.4 is 4.90 Å². The number of nitrogens with zero attached hydrogens (tertiary/aromatic N) is 2. The second-order valence-electron chi connectivity index (χ2n) is 6.84. The summed E-state index contributed by atoms with van der Waals surface area (Å²) in [5.41, 5.74) is 1.84. The van der Waals surface area contributed by atoms with Gasteiger partial charge in [0.05, 0.1) is 12.0 Å². The first-order valence-corrected chi connectivity index (χ1v) is 8.76. The van der Waals surface area contributed by atoms with Gasteiger partial charge in [0.25, 0.3) is 0 Å². The number of rotatable bonds is 6. The summed E-state index contributed by atoms with van der Waals surface area (Å²) >= 11 is 0. The highest BCUT2D eigenvalue weighted by Gasteiger charge is 2.51. The maximum atomic E-state index is 13.3. The maximum Gasteiger partial charge on any atom is 0.238 e. The van der Waals surface area contributed by atoms with Crippen molar-refractivity contribution in [2.75, 3.05) is 32.1 Å². The van der Waals surface area contributed by atoms with Crippen LogP contribution in [0, 0.1) is 0 Å². The third-order valence-electron chi connectivity index (χ3n) is 5.16. The fourth-order valence-electron chi connectivity index (χ4n) is 3.73. The molecule has 5 nitrogen and oxygen atoms in total. The predicted octanol–water partition coefficient (Wildman–Crippen LogP) is 1.98. The van der Waals surface area contributed by atoms with Crippen LogP contribution in [0.1, 0.15) is 17.5 Å². The molecule has 0 aromatic heterocycles. The first-order valence-electron chi connectivity index (χ1n) is 8.76. The van der Waals surface area contributed by atoms with Gasteiger partial charge in [-0.3, -0.25) is 9.59 Å². The van der Waals surface area contributed by atoms with Crippen molar-refractivity contribution < 1.29 is 14.7 Å². The Labute approximate surface area is 153 Å². The lowest BCUT2D eigenvalue weighted by Gasteiger charge is -2.30. The van der Waals surface area contributed by atoms with Crippen molar-refractivity contribution in [3.63, 3.8) is 0 Å². The second kappa shape index (κ2) is 7.30. The van der Waals surface area contributed by atoms with Gasteiger partial charge in [0.2, 0.25) is 11.8 Å². The van der Waals surface area contributed by atoms with Gasteiger partial charge in [-0.25, -0.2) is 0 Å². The van der Waals surface area contributed by atoms with Crippen LogP contribution in [0.3, 0.4) is 0 Å². The highest BCUT2D eigenvalue weighted by Crippen LogP contribution is 2.45. The molecule has 0 radical (unpaired) electrons. The van der Waals surface area contributed by atoms with Crippen molar-refractivity contribution in [1.82, 2.24) is 4.90 Å². The molecular formula is C21H24N2O3. The average molecular weight is 352 g/mol. The number of fused-ring (bicyclic) bond motifs is 1. The van der Waals surface area contributed by atoms with Gasteiger partial charge >= 0.3 is 0 Å². The molecule has 1 N–H and O–H groups in total. The molecule has 1 heterocycles. The van der Waals surface area contributed by atoms with Gasteiger partial charge in [-0.05, 0) is 23.6 Å². The molecule has 1 aliphatic heterocycles. The largest absolute Gasteiger partial charge is 0.395 e. The van der Waals surface area contributed by atoms with Crippen LogP contribution in [0.25, 0.3) is 0 Å². The molecule has 2 amide bonds. The number of para-hydroxylation sites is 1. The number of carbonyl (C=O) groups is 2. The number of likely N-dealkylation sites (N-methyl/N-ethyl adjacent to an activating group) is 2. The van der Waals surface area contributed by atoms with Crippen molar-refractivity contribution in [1.29, 1.82) is 0 Å². The number of amides is 2. The van der Waals surface area contributed by atoms with Gasteiger partial charge in [0.1, 0.15) is 0 Å². The minimum absolute atomic E-state index is 0.0618. The van der Waals surface area contributed by atoms with Crippen LogP contribution in [-0.4, -0.2) is 49.1 Å². The van der Waals surface area contributed by atoms with Crippen LogP contribution in [0.4, 0.5) is 5.69 Å². The topological polar surface area (TPSA) is 60.9 Å². The first kappa shape index (κ1) is 18.1. The molecule has 2 aromatic carbocycles. The summed E-state index contributed by atoms with van der Waals surface area (Å²) in [6.45, 7) is 0.157. The van der Waals surface area contributed by atoms with E-state index in [-0.39, 0.29) is 31.4 Å². The van der Waals surface area contributed by atoms with E-state index in [2.05, 4.69) is 0 Å². The Kier molecular flexibility index (Phi) is 5.09. The molecule has 0 unspecified atom stereocenters. The normalized spacial score (nSPS) is 18.7. The van der Waals surface area contributed by atoms with Gasteiger partial charge < -0.3 is 14.9 Å². The maximum absolute atomic E-state index is 13.3. The summed E-state index contributed by atoms with van der Waals surface area (Å²) in [6.07, 6.45) is 0.547. The quantitative estimate of drug-likeness (QED) is 0.865. The Hall–Kier alpha value is -2.66. The smallest absolute Gasteiger partial charge is 0.238 e. The van der Waals surface area contributed by atoms with E-state index in [1.807, 2.05) is 54.6 Å². The molecule has 1 aliphatic rings. The number of aliphatic hydroxyl groups is 1. The number of hydrogen-bond acceptors (Lipinski definition) is 3. The van der Waals surface area contributed by atoms with E-state index in [0.29, 0.717) is 6.42 Å². The molecule has 1 atom stereocenters. The van der Waals surface area contributed by atoms with E-state index < -0.39 is 5.41 Å².